The van der Waals surface area contributed by atoms with Crippen molar-refractivity contribution in [3.05, 3.63) is 46.0 Å². The van der Waals surface area contributed by atoms with E-state index >= 15 is 0 Å². The zero-order chi connectivity index (χ0) is 12.4. The third-order valence-electron chi connectivity index (χ3n) is 3.35. The molecular formula is C14H14BrO2-. The van der Waals surface area contributed by atoms with Crippen LogP contribution in [0.3, 0.4) is 0 Å². The molecule has 17 heavy (non-hydrogen) atoms. The number of carbonyl (C=O) groups is 1. The van der Waals surface area contributed by atoms with E-state index in [9.17, 15) is 9.90 Å². The fraction of sp³-hybridized carbons (Fsp3) is 0.357. The van der Waals surface area contributed by atoms with E-state index in [0.29, 0.717) is 6.42 Å². The molecule has 0 saturated carbocycles. The average molecular weight is 294 g/mol. The smallest absolute Gasteiger partial charge is 0.0454 e. The summed E-state index contributed by atoms with van der Waals surface area (Å²) in [5, 5.41) is 11.2. The van der Waals surface area contributed by atoms with E-state index in [4.69, 9.17) is 0 Å². The number of carboxylic acids is 1. The normalized spacial score (nSPS) is 24.2. The Hall–Kier alpha value is -1.09. The van der Waals surface area contributed by atoms with E-state index in [1.807, 2.05) is 30.3 Å². The van der Waals surface area contributed by atoms with E-state index in [2.05, 4.69) is 22.9 Å². The van der Waals surface area contributed by atoms with Crippen molar-refractivity contribution in [3.8, 4) is 0 Å². The summed E-state index contributed by atoms with van der Waals surface area (Å²) in [6.45, 7) is 2.05. The van der Waals surface area contributed by atoms with Crippen molar-refractivity contribution in [3.63, 3.8) is 0 Å². The molecule has 2 nitrogen and oxygen atoms in total. The summed E-state index contributed by atoms with van der Waals surface area (Å²) < 4.78 is 1.01. The molecule has 2 unspecified atom stereocenters. The Bertz CT molecular complexity index is 448. The van der Waals surface area contributed by atoms with Gasteiger partial charge in [0, 0.05) is 16.4 Å². The van der Waals surface area contributed by atoms with Crippen LogP contribution >= 0.6 is 15.9 Å². The first-order valence-electron chi connectivity index (χ1n) is 5.70. The lowest BCUT2D eigenvalue weighted by Gasteiger charge is -2.31. The van der Waals surface area contributed by atoms with Crippen LogP contribution in [0.15, 0.2) is 40.4 Å². The average Bonchev–Trinajstić information content (AvgIpc) is 2.29. The summed E-state index contributed by atoms with van der Waals surface area (Å²) in [5.74, 6) is -1.31. The standard InChI is InChI=1S/C14H15BrO2/c1-9-2-7-12(14(16)17)13(8-9)10-3-5-11(15)6-4-10/h2-6,12-13H,7-8H2,1H3,(H,16,17)/p-1. The summed E-state index contributed by atoms with van der Waals surface area (Å²) in [7, 11) is 0. The highest BCUT2D eigenvalue weighted by atomic mass is 79.9. The lowest BCUT2D eigenvalue weighted by Crippen LogP contribution is -2.36. The minimum Gasteiger partial charge on any atom is -0.550 e. The first-order valence-corrected chi connectivity index (χ1v) is 6.49. The predicted octanol–water partition coefficient (Wildman–Crippen LogP) is 2.64. The molecule has 1 aliphatic carbocycles. The third kappa shape index (κ3) is 2.78. The molecule has 1 aromatic carbocycles. The molecule has 0 amide bonds. The molecule has 0 aliphatic heterocycles. The Morgan fingerprint density at radius 3 is 2.59 bits per heavy atom. The fourth-order valence-corrected chi connectivity index (χ4v) is 2.65. The highest BCUT2D eigenvalue weighted by molar-refractivity contribution is 9.10. The second kappa shape index (κ2) is 5.05. The Balaban J connectivity index is 2.31. The summed E-state index contributed by atoms with van der Waals surface area (Å²) in [6, 6.07) is 7.89. The van der Waals surface area contributed by atoms with Crippen LogP contribution in [0.1, 0.15) is 31.2 Å². The van der Waals surface area contributed by atoms with Crippen molar-refractivity contribution in [1.29, 1.82) is 0 Å². The molecule has 1 aromatic rings. The topological polar surface area (TPSA) is 40.1 Å². The molecule has 0 spiro atoms. The van der Waals surface area contributed by atoms with Crippen LogP contribution in [0.4, 0.5) is 0 Å². The van der Waals surface area contributed by atoms with Gasteiger partial charge in [-0.15, -0.1) is 0 Å². The quantitative estimate of drug-likeness (QED) is 0.787. The number of hydrogen-bond acceptors (Lipinski definition) is 2. The maximum atomic E-state index is 11.2. The molecule has 0 saturated heterocycles. The largest absolute Gasteiger partial charge is 0.550 e. The Morgan fingerprint density at radius 2 is 2.00 bits per heavy atom. The van der Waals surface area contributed by atoms with Gasteiger partial charge in [-0.1, -0.05) is 39.7 Å². The lowest BCUT2D eigenvalue weighted by molar-refractivity contribution is -0.312. The van der Waals surface area contributed by atoms with Gasteiger partial charge >= 0.3 is 0 Å². The second-order valence-electron chi connectivity index (χ2n) is 4.57. The predicted molar refractivity (Wildman–Crippen MR) is 68.4 cm³/mol. The van der Waals surface area contributed by atoms with Gasteiger partial charge in [0.1, 0.15) is 0 Å². The van der Waals surface area contributed by atoms with Gasteiger partial charge in [-0.2, -0.15) is 0 Å². The summed E-state index contributed by atoms with van der Waals surface area (Å²) in [4.78, 5) is 11.2. The van der Waals surface area contributed by atoms with Crippen LogP contribution in [-0.4, -0.2) is 5.97 Å². The van der Waals surface area contributed by atoms with Gasteiger partial charge in [0.2, 0.25) is 0 Å². The minimum absolute atomic E-state index is 0.0399. The van der Waals surface area contributed by atoms with Gasteiger partial charge in [0.15, 0.2) is 0 Å². The van der Waals surface area contributed by atoms with Gasteiger partial charge in [0.05, 0.1) is 0 Å². The number of halogens is 1. The van der Waals surface area contributed by atoms with E-state index < -0.39 is 11.9 Å². The third-order valence-corrected chi connectivity index (χ3v) is 3.88. The first kappa shape index (κ1) is 12.4. The number of aliphatic carboxylic acids is 1. The van der Waals surface area contributed by atoms with Gasteiger partial charge < -0.3 is 9.90 Å². The summed E-state index contributed by atoms with van der Waals surface area (Å²) in [5.41, 5.74) is 2.34. The second-order valence-corrected chi connectivity index (χ2v) is 5.49. The van der Waals surface area contributed by atoms with Crippen molar-refractivity contribution < 1.29 is 9.90 Å². The Labute approximate surface area is 109 Å². The highest BCUT2D eigenvalue weighted by Gasteiger charge is 2.26. The van der Waals surface area contributed by atoms with Crippen molar-refractivity contribution in [1.82, 2.24) is 0 Å². The van der Waals surface area contributed by atoms with Crippen LogP contribution in [0.5, 0.6) is 0 Å². The van der Waals surface area contributed by atoms with E-state index in [1.165, 1.54) is 5.57 Å². The monoisotopic (exact) mass is 293 g/mol. The molecule has 0 heterocycles. The van der Waals surface area contributed by atoms with E-state index in [-0.39, 0.29) is 5.92 Å². The maximum Gasteiger partial charge on any atom is 0.0454 e. The zero-order valence-corrected chi connectivity index (χ0v) is 11.2. The van der Waals surface area contributed by atoms with Crippen molar-refractivity contribution >= 4 is 21.9 Å². The highest BCUT2D eigenvalue weighted by Crippen LogP contribution is 2.37. The number of hydrogen-bond donors (Lipinski definition) is 0. The molecule has 1 aliphatic rings. The van der Waals surface area contributed by atoms with Gasteiger partial charge in [-0.05, 0) is 43.4 Å². The number of carboxylic acid groups (broad SMARTS) is 1. The van der Waals surface area contributed by atoms with Crippen LogP contribution in [0.25, 0.3) is 0 Å². The van der Waals surface area contributed by atoms with Gasteiger partial charge in [-0.3, -0.25) is 0 Å². The molecule has 0 N–H and O–H groups in total. The summed E-state index contributed by atoms with van der Waals surface area (Å²) in [6.07, 6.45) is 3.39. The fourth-order valence-electron chi connectivity index (χ4n) is 2.39. The Morgan fingerprint density at radius 1 is 1.35 bits per heavy atom. The molecule has 2 atom stereocenters. The van der Waals surface area contributed by atoms with Gasteiger partial charge in [0.25, 0.3) is 0 Å². The molecule has 0 bridgehead atoms. The number of carbonyl (C=O) groups excluding carboxylic acids is 1. The van der Waals surface area contributed by atoms with Crippen LogP contribution < -0.4 is 5.11 Å². The molecule has 3 heteroatoms. The minimum atomic E-state index is -0.943. The SMILES string of the molecule is CC1=CCC(C(=O)[O-])C(c2ccc(Br)cc2)C1. The summed E-state index contributed by atoms with van der Waals surface area (Å²) >= 11 is 3.39. The van der Waals surface area contributed by atoms with Crippen LogP contribution in [0.2, 0.25) is 0 Å². The molecular weight excluding hydrogens is 280 g/mol. The zero-order valence-electron chi connectivity index (χ0n) is 9.65. The molecule has 90 valence electrons. The molecule has 2 rings (SSSR count). The van der Waals surface area contributed by atoms with Gasteiger partial charge in [-0.25, -0.2) is 0 Å². The van der Waals surface area contributed by atoms with E-state index in [0.717, 1.165) is 16.5 Å². The molecule has 0 radical (unpaired) electrons. The molecule has 0 fully saturated rings. The Kier molecular flexibility index (Phi) is 3.67. The van der Waals surface area contributed by atoms with Crippen LogP contribution in [0, 0.1) is 5.92 Å². The number of rotatable bonds is 2. The van der Waals surface area contributed by atoms with Crippen molar-refractivity contribution in [2.24, 2.45) is 5.92 Å². The van der Waals surface area contributed by atoms with E-state index in [1.54, 1.807) is 0 Å². The maximum absolute atomic E-state index is 11.2. The number of allylic oxidation sites excluding steroid dienone is 2. The van der Waals surface area contributed by atoms with Crippen molar-refractivity contribution in [2.75, 3.05) is 0 Å². The van der Waals surface area contributed by atoms with Crippen LogP contribution in [-0.2, 0) is 4.79 Å². The lowest BCUT2D eigenvalue weighted by atomic mass is 9.76. The van der Waals surface area contributed by atoms with Crippen molar-refractivity contribution in [2.45, 2.75) is 25.7 Å². The number of benzene rings is 1. The first-order chi connectivity index (χ1) is 8.08. The molecule has 0 aromatic heterocycles.